The quantitative estimate of drug-likeness (QED) is 0.601. The molecule has 0 fully saturated rings. The van der Waals surface area contributed by atoms with E-state index < -0.39 is 6.04 Å². The first-order chi connectivity index (χ1) is 14.7. The van der Waals surface area contributed by atoms with Gasteiger partial charge in [0.15, 0.2) is 6.61 Å². The molecule has 5 heteroatoms. The minimum absolute atomic E-state index is 0.0588. The van der Waals surface area contributed by atoms with Gasteiger partial charge in [-0.2, -0.15) is 0 Å². The van der Waals surface area contributed by atoms with Gasteiger partial charge in [-0.1, -0.05) is 44.2 Å². The lowest BCUT2D eigenvalue weighted by molar-refractivity contribution is -0.143. The van der Waals surface area contributed by atoms with E-state index >= 15 is 0 Å². The van der Waals surface area contributed by atoms with Crippen molar-refractivity contribution in [3.05, 3.63) is 64.7 Å². The molecule has 0 aliphatic carbocycles. The molecule has 2 amide bonds. The zero-order valence-electron chi connectivity index (χ0n) is 19.7. The molecule has 0 radical (unpaired) electrons. The summed E-state index contributed by atoms with van der Waals surface area (Å²) in [6.07, 6.45) is 1.37. The molecule has 0 heterocycles. The predicted molar refractivity (Wildman–Crippen MR) is 125 cm³/mol. The second kappa shape index (κ2) is 11.5. The SMILES string of the molecule is CC[C@@H](C)NC(=O)[C@H](CC)N(Cc1ccccc1C)C(=O)COc1cc(C)cc(C)c1. The maximum atomic E-state index is 13.3. The predicted octanol–water partition coefficient (Wildman–Crippen LogP) is 4.71. The first kappa shape index (κ1) is 24.4. The highest BCUT2D eigenvalue weighted by molar-refractivity contribution is 5.88. The zero-order chi connectivity index (χ0) is 23.0. The molecule has 0 aliphatic heterocycles. The maximum absolute atomic E-state index is 13.3. The molecule has 0 bridgehead atoms. The molecule has 0 saturated heterocycles. The van der Waals surface area contributed by atoms with Crippen molar-refractivity contribution in [1.29, 1.82) is 0 Å². The summed E-state index contributed by atoms with van der Waals surface area (Å²) < 4.78 is 5.83. The van der Waals surface area contributed by atoms with Crippen molar-refractivity contribution in [2.24, 2.45) is 0 Å². The summed E-state index contributed by atoms with van der Waals surface area (Å²) >= 11 is 0. The van der Waals surface area contributed by atoms with E-state index in [1.807, 2.05) is 77.9 Å². The lowest BCUT2D eigenvalue weighted by atomic mass is 10.1. The van der Waals surface area contributed by atoms with E-state index in [1.165, 1.54) is 0 Å². The molecule has 2 aromatic carbocycles. The second-order valence-electron chi connectivity index (χ2n) is 8.30. The topological polar surface area (TPSA) is 58.6 Å². The number of hydrogen-bond donors (Lipinski definition) is 1. The van der Waals surface area contributed by atoms with Gasteiger partial charge in [-0.15, -0.1) is 0 Å². The number of nitrogens with zero attached hydrogens (tertiary/aromatic N) is 1. The Kier molecular flexibility index (Phi) is 9.10. The molecular weight excluding hydrogens is 388 g/mol. The van der Waals surface area contributed by atoms with E-state index in [-0.39, 0.29) is 24.5 Å². The molecule has 2 atom stereocenters. The van der Waals surface area contributed by atoms with E-state index in [0.717, 1.165) is 28.7 Å². The number of nitrogens with one attached hydrogen (secondary N) is 1. The van der Waals surface area contributed by atoms with Crippen molar-refractivity contribution in [2.45, 2.75) is 73.0 Å². The van der Waals surface area contributed by atoms with Crippen LogP contribution in [0.4, 0.5) is 0 Å². The van der Waals surface area contributed by atoms with Crippen LogP contribution in [0.2, 0.25) is 0 Å². The average molecular weight is 425 g/mol. The van der Waals surface area contributed by atoms with Crippen molar-refractivity contribution in [1.82, 2.24) is 10.2 Å². The second-order valence-corrected chi connectivity index (χ2v) is 8.30. The highest BCUT2D eigenvalue weighted by atomic mass is 16.5. The summed E-state index contributed by atoms with van der Waals surface area (Å²) in [6, 6.07) is 13.3. The molecule has 0 saturated carbocycles. The summed E-state index contributed by atoms with van der Waals surface area (Å²) in [4.78, 5) is 27.9. The van der Waals surface area contributed by atoms with Crippen LogP contribution in [-0.4, -0.2) is 35.4 Å². The van der Waals surface area contributed by atoms with Crippen molar-refractivity contribution in [3.63, 3.8) is 0 Å². The fourth-order valence-corrected chi connectivity index (χ4v) is 3.58. The van der Waals surface area contributed by atoms with Crippen LogP contribution in [-0.2, 0) is 16.1 Å². The van der Waals surface area contributed by atoms with Gasteiger partial charge in [0.05, 0.1) is 0 Å². The van der Waals surface area contributed by atoms with Crippen molar-refractivity contribution < 1.29 is 14.3 Å². The number of ether oxygens (including phenoxy) is 1. The summed E-state index contributed by atoms with van der Waals surface area (Å²) in [7, 11) is 0. The summed E-state index contributed by atoms with van der Waals surface area (Å²) in [6.45, 7) is 12.2. The molecule has 0 aliphatic rings. The van der Waals surface area contributed by atoms with Crippen LogP contribution < -0.4 is 10.1 Å². The third kappa shape index (κ3) is 7.12. The van der Waals surface area contributed by atoms with Gasteiger partial charge >= 0.3 is 0 Å². The maximum Gasteiger partial charge on any atom is 0.261 e. The minimum Gasteiger partial charge on any atom is -0.484 e. The van der Waals surface area contributed by atoms with Crippen LogP contribution in [0.15, 0.2) is 42.5 Å². The molecule has 0 unspecified atom stereocenters. The first-order valence-corrected chi connectivity index (χ1v) is 11.1. The summed E-state index contributed by atoms with van der Waals surface area (Å²) in [5.41, 5.74) is 4.28. The number of benzene rings is 2. The van der Waals surface area contributed by atoms with Crippen molar-refractivity contribution in [2.75, 3.05) is 6.61 Å². The molecule has 0 spiro atoms. The smallest absolute Gasteiger partial charge is 0.261 e. The van der Waals surface area contributed by atoms with E-state index in [1.54, 1.807) is 4.90 Å². The standard InChI is InChI=1S/C26H36N2O3/c1-7-21(6)27-26(30)24(8-2)28(16-22-12-10-9-11-20(22)5)25(29)17-31-23-14-18(3)13-19(4)15-23/h9-15,21,24H,7-8,16-17H2,1-6H3,(H,27,30)/t21-,24+/m1/s1. The Morgan fingerprint density at radius 3 is 2.23 bits per heavy atom. The lowest BCUT2D eigenvalue weighted by Crippen LogP contribution is -2.51. The fraction of sp³-hybridized carbons (Fsp3) is 0.462. The van der Waals surface area contributed by atoms with E-state index in [2.05, 4.69) is 11.4 Å². The van der Waals surface area contributed by atoms with Crippen molar-refractivity contribution in [3.8, 4) is 5.75 Å². The number of amides is 2. The number of rotatable bonds is 10. The summed E-state index contributed by atoms with van der Waals surface area (Å²) in [5, 5.41) is 3.03. The Morgan fingerprint density at radius 1 is 1.00 bits per heavy atom. The van der Waals surface area contributed by atoms with Gasteiger partial charge in [0.25, 0.3) is 5.91 Å². The number of hydrogen-bond acceptors (Lipinski definition) is 3. The van der Waals surface area contributed by atoms with Gasteiger partial charge in [-0.05, 0) is 74.9 Å². The Balaban J connectivity index is 2.25. The molecule has 2 rings (SSSR count). The van der Waals surface area contributed by atoms with E-state index in [9.17, 15) is 9.59 Å². The van der Waals surface area contributed by atoms with Gasteiger partial charge in [-0.3, -0.25) is 9.59 Å². The van der Waals surface area contributed by atoms with E-state index in [0.29, 0.717) is 18.7 Å². The van der Waals surface area contributed by atoms with Crippen LogP contribution >= 0.6 is 0 Å². The molecule has 31 heavy (non-hydrogen) atoms. The third-order valence-electron chi connectivity index (χ3n) is 5.55. The Bertz CT molecular complexity index is 874. The highest BCUT2D eigenvalue weighted by Crippen LogP contribution is 2.19. The van der Waals surface area contributed by atoms with Gasteiger partial charge in [0, 0.05) is 12.6 Å². The van der Waals surface area contributed by atoms with Gasteiger partial charge in [0.1, 0.15) is 11.8 Å². The largest absolute Gasteiger partial charge is 0.484 e. The Morgan fingerprint density at radius 2 is 1.65 bits per heavy atom. The first-order valence-electron chi connectivity index (χ1n) is 11.1. The van der Waals surface area contributed by atoms with Crippen LogP contribution in [0.1, 0.15) is 55.9 Å². The number of aryl methyl sites for hydroxylation is 3. The highest BCUT2D eigenvalue weighted by Gasteiger charge is 2.29. The molecule has 5 nitrogen and oxygen atoms in total. The molecule has 0 aromatic heterocycles. The van der Waals surface area contributed by atoms with Gasteiger partial charge < -0.3 is 15.0 Å². The third-order valence-corrected chi connectivity index (χ3v) is 5.55. The van der Waals surface area contributed by atoms with Crippen LogP contribution in [0.5, 0.6) is 5.75 Å². The van der Waals surface area contributed by atoms with E-state index in [4.69, 9.17) is 4.74 Å². The molecular formula is C26H36N2O3. The molecule has 168 valence electrons. The average Bonchev–Trinajstić information content (AvgIpc) is 2.72. The Hall–Kier alpha value is -2.82. The Labute approximate surface area is 186 Å². The summed E-state index contributed by atoms with van der Waals surface area (Å²) in [5.74, 6) is 0.345. The zero-order valence-corrected chi connectivity index (χ0v) is 19.7. The molecule has 2 aromatic rings. The monoisotopic (exact) mass is 424 g/mol. The van der Waals surface area contributed by atoms with Crippen LogP contribution in [0.3, 0.4) is 0 Å². The normalized spacial score (nSPS) is 12.7. The van der Waals surface area contributed by atoms with Crippen LogP contribution in [0, 0.1) is 20.8 Å². The minimum atomic E-state index is -0.552. The van der Waals surface area contributed by atoms with Crippen molar-refractivity contribution >= 4 is 11.8 Å². The fourth-order valence-electron chi connectivity index (χ4n) is 3.58. The number of carbonyl (C=O) groups excluding carboxylic acids is 2. The lowest BCUT2D eigenvalue weighted by Gasteiger charge is -2.31. The number of carbonyl (C=O) groups is 2. The van der Waals surface area contributed by atoms with Crippen LogP contribution in [0.25, 0.3) is 0 Å². The molecule has 1 N–H and O–H groups in total. The van der Waals surface area contributed by atoms with Gasteiger partial charge in [-0.25, -0.2) is 0 Å². The van der Waals surface area contributed by atoms with Gasteiger partial charge in [0.2, 0.25) is 5.91 Å².